The quantitative estimate of drug-likeness (QED) is 0.495. The third kappa shape index (κ3) is 7.21. The fourth-order valence-electron chi connectivity index (χ4n) is 3.60. The molecule has 2 aromatic carbocycles. The summed E-state index contributed by atoms with van der Waals surface area (Å²) in [4.78, 5) is 28.2. The first-order valence-corrected chi connectivity index (χ1v) is 13.6. The number of nitrogens with one attached hydrogen (secondary N) is 1. The second-order valence-corrected chi connectivity index (χ2v) is 10.7. The van der Waals surface area contributed by atoms with Crippen LogP contribution < -0.4 is 9.62 Å². The van der Waals surface area contributed by atoms with Gasteiger partial charge in [0, 0.05) is 17.6 Å². The van der Waals surface area contributed by atoms with Gasteiger partial charge in [-0.1, -0.05) is 61.8 Å². The summed E-state index contributed by atoms with van der Waals surface area (Å²) in [7, 11) is -3.81. The molecule has 0 radical (unpaired) electrons. The Morgan fingerprint density at radius 3 is 2.24 bits per heavy atom. The fraction of sp³-hybridized carbons (Fsp3) is 0.440. The molecule has 2 aromatic rings. The number of hydrogen-bond donors (Lipinski definition) is 1. The molecule has 0 bridgehead atoms. The van der Waals surface area contributed by atoms with E-state index in [9.17, 15) is 18.0 Å². The van der Waals surface area contributed by atoms with E-state index in [1.54, 1.807) is 25.1 Å². The van der Waals surface area contributed by atoms with Crippen molar-refractivity contribution in [2.24, 2.45) is 0 Å². The van der Waals surface area contributed by atoms with E-state index in [1.165, 1.54) is 4.90 Å². The normalized spacial score (nSPS) is 13.1. The Morgan fingerprint density at radius 2 is 1.68 bits per heavy atom. The van der Waals surface area contributed by atoms with Gasteiger partial charge < -0.3 is 10.2 Å². The minimum atomic E-state index is -3.81. The molecule has 2 rings (SSSR count). The van der Waals surface area contributed by atoms with Crippen LogP contribution in [0.4, 0.5) is 5.69 Å². The Labute approximate surface area is 208 Å². The fourth-order valence-corrected chi connectivity index (χ4v) is 4.67. The summed E-state index contributed by atoms with van der Waals surface area (Å²) in [5.41, 5.74) is 1.73. The van der Waals surface area contributed by atoms with Crippen molar-refractivity contribution in [3.63, 3.8) is 0 Å². The summed E-state index contributed by atoms with van der Waals surface area (Å²) >= 11 is 6.22. The topological polar surface area (TPSA) is 86.8 Å². The minimum absolute atomic E-state index is 0.0446. The van der Waals surface area contributed by atoms with Crippen molar-refractivity contribution in [3.05, 3.63) is 64.7 Å². The molecule has 0 saturated carbocycles. The number of hydrogen-bond acceptors (Lipinski definition) is 4. The highest BCUT2D eigenvalue weighted by atomic mass is 35.5. The van der Waals surface area contributed by atoms with Crippen LogP contribution in [0.3, 0.4) is 0 Å². The molecule has 0 spiro atoms. The van der Waals surface area contributed by atoms with Crippen molar-refractivity contribution in [2.75, 3.05) is 17.1 Å². The zero-order valence-corrected chi connectivity index (χ0v) is 22.0. The number of carbonyl (C=O) groups excluding carboxylic acids is 2. The molecule has 34 heavy (non-hydrogen) atoms. The lowest BCUT2D eigenvalue weighted by Crippen LogP contribution is -2.53. The Hall–Kier alpha value is -2.58. The zero-order chi connectivity index (χ0) is 25.5. The number of amides is 2. The first kappa shape index (κ1) is 27.7. The maximum atomic E-state index is 13.6. The van der Waals surface area contributed by atoms with Crippen LogP contribution in [-0.4, -0.2) is 50.0 Å². The molecule has 7 nitrogen and oxygen atoms in total. The molecule has 0 aliphatic rings. The lowest BCUT2D eigenvalue weighted by atomic mass is 10.1. The molecular formula is C25H34ClN3O4S. The molecule has 0 saturated heterocycles. The highest BCUT2D eigenvalue weighted by molar-refractivity contribution is 7.92. The molecule has 0 heterocycles. The first-order chi connectivity index (χ1) is 16.0. The van der Waals surface area contributed by atoms with Gasteiger partial charge in [0.1, 0.15) is 12.6 Å². The SMILES string of the molecule is CC[C@@H](C)NC(=O)[C@H](CC)N(Cc1ccccc1)C(=O)CN(c1cccc(Cl)c1C)S(C)(=O)=O. The molecule has 0 fully saturated rings. The number of sulfonamides is 1. The van der Waals surface area contributed by atoms with Gasteiger partial charge in [-0.05, 0) is 49.9 Å². The molecule has 2 amide bonds. The van der Waals surface area contributed by atoms with Crippen LogP contribution in [0, 0.1) is 6.92 Å². The van der Waals surface area contributed by atoms with Gasteiger partial charge in [-0.2, -0.15) is 0 Å². The lowest BCUT2D eigenvalue weighted by Gasteiger charge is -2.33. The summed E-state index contributed by atoms with van der Waals surface area (Å²) in [6.07, 6.45) is 2.19. The second-order valence-electron chi connectivity index (χ2n) is 8.40. The molecule has 2 atom stereocenters. The number of anilines is 1. The van der Waals surface area contributed by atoms with E-state index in [-0.39, 0.29) is 18.5 Å². The largest absolute Gasteiger partial charge is 0.352 e. The Bertz CT molecular complexity index is 1090. The summed E-state index contributed by atoms with van der Waals surface area (Å²) < 4.78 is 26.5. The number of halogens is 1. The summed E-state index contributed by atoms with van der Waals surface area (Å²) in [5, 5.41) is 3.35. The molecular weight excluding hydrogens is 474 g/mol. The molecule has 0 aliphatic carbocycles. The third-order valence-electron chi connectivity index (χ3n) is 5.77. The molecule has 0 aromatic heterocycles. The summed E-state index contributed by atoms with van der Waals surface area (Å²) in [6.45, 7) is 7.15. The third-order valence-corrected chi connectivity index (χ3v) is 7.31. The van der Waals surface area contributed by atoms with Crippen LogP contribution in [0.25, 0.3) is 0 Å². The highest BCUT2D eigenvalue weighted by Gasteiger charge is 2.32. The summed E-state index contributed by atoms with van der Waals surface area (Å²) in [5.74, 6) is -0.731. The zero-order valence-electron chi connectivity index (χ0n) is 20.4. The van der Waals surface area contributed by atoms with E-state index in [0.29, 0.717) is 22.7 Å². The van der Waals surface area contributed by atoms with Crippen molar-refractivity contribution < 1.29 is 18.0 Å². The van der Waals surface area contributed by atoms with Crippen LogP contribution in [0.2, 0.25) is 5.02 Å². The first-order valence-electron chi connectivity index (χ1n) is 11.4. The maximum absolute atomic E-state index is 13.6. The van der Waals surface area contributed by atoms with Gasteiger partial charge >= 0.3 is 0 Å². The van der Waals surface area contributed by atoms with E-state index in [1.807, 2.05) is 51.1 Å². The van der Waals surface area contributed by atoms with Crippen LogP contribution in [-0.2, 0) is 26.2 Å². The second kappa shape index (κ2) is 12.2. The van der Waals surface area contributed by atoms with Crippen molar-refractivity contribution in [1.29, 1.82) is 0 Å². The molecule has 0 aliphatic heterocycles. The average Bonchev–Trinajstić information content (AvgIpc) is 2.79. The van der Waals surface area contributed by atoms with Crippen molar-refractivity contribution >= 4 is 39.1 Å². The van der Waals surface area contributed by atoms with Gasteiger partial charge in [0.2, 0.25) is 21.8 Å². The Balaban J connectivity index is 2.46. The predicted molar refractivity (Wildman–Crippen MR) is 137 cm³/mol. The van der Waals surface area contributed by atoms with Crippen LogP contribution >= 0.6 is 11.6 Å². The van der Waals surface area contributed by atoms with E-state index < -0.39 is 28.5 Å². The summed E-state index contributed by atoms with van der Waals surface area (Å²) in [6, 6.07) is 13.5. The van der Waals surface area contributed by atoms with Gasteiger partial charge in [-0.15, -0.1) is 0 Å². The van der Waals surface area contributed by atoms with Gasteiger partial charge in [0.05, 0.1) is 11.9 Å². The van der Waals surface area contributed by atoms with Gasteiger partial charge in [-0.3, -0.25) is 13.9 Å². The minimum Gasteiger partial charge on any atom is -0.352 e. The van der Waals surface area contributed by atoms with Gasteiger partial charge in [0.25, 0.3) is 0 Å². The van der Waals surface area contributed by atoms with Crippen molar-refractivity contribution in [3.8, 4) is 0 Å². The van der Waals surface area contributed by atoms with E-state index in [0.717, 1.165) is 22.5 Å². The van der Waals surface area contributed by atoms with E-state index >= 15 is 0 Å². The highest BCUT2D eigenvalue weighted by Crippen LogP contribution is 2.28. The van der Waals surface area contributed by atoms with Crippen molar-refractivity contribution in [1.82, 2.24) is 10.2 Å². The van der Waals surface area contributed by atoms with Crippen LogP contribution in [0.5, 0.6) is 0 Å². The number of benzene rings is 2. The average molecular weight is 508 g/mol. The van der Waals surface area contributed by atoms with Crippen molar-refractivity contribution in [2.45, 2.75) is 59.2 Å². The molecule has 186 valence electrons. The Kier molecular flexibility index (Phi) is 9.94. The standard InChI is InChI=1S/C25H34ClN3O4S/c1-6-18(3)27-25(31)22(7-2)28(16-20-12-9-8-10-13-20)24(30)17-29(34(5,32)33)23-15-11-14-21(26)19(23)4/h8-15,18,22H,6-7,16-17H2,1-5H3,(H,27,31)/t18-,22+/m1/s1. The number of rotatable bonds is 11. The van der Waals surface area contributed by atoms with Gasteiger partial charge in [-0.25, -0.2) is 8.42 Å². The van der Waals surface area contributed by atoms with Crippen LogP contribution in [0.1, 0.15) is 44.7 Å². The number of carbonyl (C=O) groups is 2. The molecule has 1 N–H and O–H groups in total. The predicted octanol–water partition coefficient (Wildman–Crippen LogP) is 4.14. The van der Waals surface area contributed by atoms with Crippen LogP contribution in [0.15, 0.2) is 48.5 Å². The number of nitrogens with zero attached hydrogens (tertiary/aromatic N) is 2. The monoisotopic (exact) mass is 507 g/mol. The molecule has 9 heteroatoms. The Morgan fingerprint density at radius 1 is 1.03 bits per heavy atom. The van der Waals surface area contributed by atoms with E-state index in [2.05, 4.69) is 5.32 Å². The smallest absolute Gasteiger partial charge is 0.244 e. The molecule has 0 unspecified atom stereocenters. The lowest BCUT2D eigenvalue weighted by molar-refractivity contribution is -0.140. The van der Waals surface area contributed by atoms with Gasteiger partial charge in [0.15, 0.2) is 0 Å². The maximum Gasteiger partial charge on any atom is 0.244 e. The van der Waals surface area contributed by atoms with E-state index in [4.69, 9.17) is 11.6 Å².